The molecule has 4 heteroatoms. The zero-order chi connectivity index (χ0) is 18.2. The van der Waals surface area contributed by atoms with Crippen LogP contribution in [0.4, 0.5) is 0 Å². The predicted octanol–water partition coefficient (Wildman–Crippen LogP) is 4.37. The van der Waals surface area contributed by atoms with Crippen LogP contribution in [0.5, 0.6) is 0 Å². The number of carbonyl (C=O) groups is 1. The van der Waals surface area contributed by atoms with E-state index in [-0.39, 0.29) is 6.10 Å². The lowest BCUT2D eigenvalue weighted by Gasteiger charge is -2.18. The highest BCUT2D eigenvalue weighted by Crippen LogP contribution is 2.23. The van der Waals surface area contributed by atoms with Crippen molar-refractivity contribution in [2.24, 2.45) is 0 Å². The molecule has 4 nitrogen and oxygen atoms in total. The minimum absolute atomic E-state index is 0.204. The summed E-state index contributed by atoms with van der Waals surface area (Å²) in [7, 11) is 1.36. The van der Waals surface area contributed by atoms with Crippen LogP contribution in [0.25, 0.3) is 0 Å². The molecule has 2 aromatic carbocycles. The van der Waals surface area contributed by atoms with Crippen LogP contribution in [0.1, 0.15) is 33.3 Å². The minimum Gasteiger partial charge on any atom is -0.465 e. The van der Waals surface area contributed by atoms with E-state index in [0.29, 0.717) is 18.6 Å². The molecule has 26 heavy (non-hydrogen) atoms. The molecule has 1 unspecified atom stereocenters. The van der Waals surface area contributed by atoms with Gasteiger partial charge in [0, 0.05) is 12.6 Å². The molecule has 0 N–H and O–H groups in total. The molecule has 0 radical (unpaired) electrons. The predicted molar refractivity (Wildman–Crippen MR) is 99.7 cm³/mol. The highest BCUT2D eigenvalue weighted by molar-refractivity contribution is 5.88. The monoisotopic (exact) mass is 347 g/mol. The van der Waals surface area contributed by atoms with E-state index in [2.05, 4.69) is 17.1 Å². The molecule has 0 amide bonds. The normalized spacial score (nSPS) is 11.7. The molecule has 3 rings (SSSR count). The molecular formula is C22H21NO3. The fraction of sp³-hybridized carbons (Fsp3) is 0.182. The van der Waals surface area contributed by atoms with Crippen LogP contribution < -0.4 is 0 Å². The fourth-order valence-corrected chi connectivity index (χ4v) is 2.68. The largest absolute Gasteiger partial charge is 0.465 e. The standard InChI is InChI=1S/C22H21NO3/c1-25-22(24)19-12-13-20(23-15-19)21(14-17-8-4-2-5-9-17)26-16-18-10-6-3-7-11-18/h2-13,15,21H,14,16H2,1H3. The van der Waals surface area contributed by atoms with Crippen LogP contribution in [0, 0.1) is 0 Å². The maximum Gasteiger partial charge on any atom is 0.339 e. The Morgan fingerprint density at radius 2 is 1.58 bits per heavy atom. The first-order valence-corrected chi connectivity index (χ1v) is 8.50. The van der Waals surface area contributed by atoms with Gasteiger partial charge in [-0.3, -0.25) is 4.98 Å². The number of carbonyl (C=O) groups excluding carboxylic acids is 1. The van der Waals surface area contributed by atoms with Crippen molar-refractivity contribution in [1.29, 1.82) is 0 Å². The van der Waals surface area contributed by atoms with E-state index in [1.54, 1.807) is 6.07 Å². The number of nitrogens with zero attached hydrogens (tertiary/aromatic N) is 1. The molecule has 1 atom stereocenters. The Kier molecular flexibility index (Phi) is 6.12. The van der Waals surface area contributed by atoms with E-state index in [4.69, 9.17) is 9.47 Å². The van der Waals surface area contributed by atoms with E-state index in [1.807, 2.05) is 54.6 Å². The number of aromatic nitrogens is 1. The van der Waals surface area contributed by atoms with Gasteiger partial charge in [0.15, 0.2) is 0 Å². The third-order valence-corrected chi connectivity index (χ3v) is 4.10. The molecule has 0 aliphatic rings. The van der Waals surface area contributed by atoms with Gasteiger partial charge in [-0.2, -0.15) is 0 Å². The zero-order valence-corrected chi connectivity index (χ0v) is 14.7. The topological polar surface area (TPSA) is 48.4 Å². The van der Waals surface area contributed by atoms with E-state index in [9.17, 15) is 4.79 Å². The van der Waals surface area contributed by atoms with E-state index < -0.39 is 5.97 Å². The number of esters is 1. The second-order valence-electron chi connectivity index (χ2n) is 5.94. The van der Waals surface area contributed by atoms with Gasteiger partial charge in [-0.25, -0.2) is 4.79 Å². The Bertz CT molecular complexity index is 817. The summed E-state index contributed by atoms with van der Waals surface area (Å²) in [6, 6.07) is 23.7. The van der Waals surface area contributed by atoms with Crippen molar-refractivity contribution in [3.05, 3.63) is 101 Å². The molecule has 0 aliphatic heterocycles. The molecule has 0 aliphatic carbocycles. The Morgan fingerprint density at radius 3 is 2.15 bits per heavy atom. The Balaban J connectivity index is 1.78. The number of rotatable bonds is 7. The quantitative estimate of drug-likeness (QED) is 0.596. The Morgan fingerprint density at radius 1 is 0.923 bits per heavy atom. The summed E-state index contributed by atoms with van der Waals surface area (Å²) in [6.45, 7) is 0.499. The van der Waals surface area contributed by atoms with Crippen LogP contribution in [0.3, 0.4) is 0 Å². The van der Waals surface area contributed by atoms with Gasteiger partial charge < -0.3 is 9.47 Å². The molecule has 3 aromatic rings. The van der Waals surface area contributed by atoms with Gasteiger partial charge in [-0.1, -0.05) is 60.7 Å². The second kappa shape index (κ2) is 8.92. The highest BCUT2D eigenvalue weighted by Gasteiger charge is 2.16. The van der Waals surface area contributed by atoms with Gasteiger partial charge in [0.1, 0.15) is 6.10 Å². The maximum atomic E-state index is 11.6. The molecule has 0 saturated carbocycles. The average Bonchev–Trinajstić information content (AvgIpc) is 2.72. The maximum absolute atomic E-state index is 11.6. The summed E-state index contributed by atoms with van der Waals surface area (Å²) in [6.07, 6.45) is 2.04. The van der Waals surface area contributed by atoms with E-state index >= 15 is 0 Å². The van der Waals surface area contributed by atoms with Crippen LogP contribution in [0.15, 0.2) is 79.0 Å². The van der Waals surface area contributed by atoms with E-state index in [0.717, 1.165) is 11.3 Å². The first-order valence-electron chi connectivity index (χ1n) is 8.50. The minimum atomic E-state index is -0.395. The third kappa shape index (κ3) is 4.77. The summed E-state index contributed by atoms with van der Waals surface area (Å²) < 4.78 is 10.9. The summed E-state index contributed by atoms with van der Waals surface area (Å²) in [5.74, 6) is -0.395. The molecule has 0 bridgehead atoms. The van der Waals surface area contributed by atoms with Crippen molar-refractivity contribution >= 4 is 5.97 Å². The Hall–Kier alpha value is -2.98. The SMILES string of the molecule is COC(=O)c1ccc(C(Cc2ccccc2)OCc2ccccc2)nc1. The first-order chi connectivity index (χ1) is 12.8. The van der Waals surface area contributed by atoms with Gasteiger partial charge in [-0.15, -0.1) is 0 Å². The molecule has 132 valence electrons. The van der Waals surface area contributed by atoms with Crippen molar-refractivity contribution in [3.63, 3.8) is 0 Å². The van der Waals surface area contributed by atoms with Crippen LogP contribution in [-0.4, -0.2) is 18.1 Å². The second-order valence-corrected chi connectivity index (χ2v) is 5.94. The van der Waals surface area contributed by atoms with E-state index in [1.165, 1.54) is 18.9 Å². The van der Waals surface area contributed by atoms with Crippen LogP contribution >= 0.6 is 0 Å². The lowest BCUT2D eigenvalue weighted by atomic mass is 10.0. The Labute approximate surface area is 153 Å². The molecule has 1 aromatic heterocycles. The number of methoxy groups -OCH3 is 1. The molecule has 0 spiro atoms. The lowest BCUT2D eigenvalue weighted by molar-refractivity contribution is 0.0370. The zero-order valence-electron chi connectivity index (χ0n) is 14.7. The van der Waals surface area contributed by atoms with Gasteiger partial charge in [0.2, 0.25) is 0 Å². The first kappa shape index (κ1) is 17.8. The molecule has 1 heterocycles. The number of benzene rings is 2. The number of ether oxygens (including phenoxy) is 2. The summed E-state index contributed by atoms with van der Waals surface area (Å²) in [5, 5.41) is 0. The molecule has 0 saturated heterocycles. The summed E-state index contributed by atoms with van der Waals surface area (Å²) in [4.78, 5) is 16.0. The van der Waals surface area contributed by atoms with Crippen LogP contribution in [-0.2, 0) is 22.5 Å². The van der Waals surface area contributed by atoms with Gasteiger partial charge in [-0.05, 0) is 23.3 Å². The third-order valence-electron chi connectivity index (χ3n) is 4.10. The number of hydrogen-bond acceptors (Lipinski definition) is 4. The van der Waals surface area contributed by atoms with Crippen molar-refractivity contribution in [1.82, 2.24) is 4.98 Å². The van der Waals surface area contributed by atoms with Crippen molar-refractivity contribution in [2.45, 2.75) is 19.1 Å². The number of pyridine rings is 1. The number of hydrogen-bond donors (Lipinski definition) is 0. The van der Waals surface area contributed by atoms with Crippen molar-refractivity contribution in [2.75, 3.05) is 7.11 Å². The fourth-order valence-electron chi connectivity index (χ4n) is 2.68. The van der Waals surface area contributed by atoms with Gasteiger partial charge in [0.05, 0.1) is 25.0 Å². The molecule has 0 fully saturated rings. The van der Waals surface area contributed by atoms with Crippen molar-refractivity contribution in [3.8, 4) is 0 Å². The smallest absolute Gasteiger partial charge is 0.339 e. The summed E-state index contributed by atoms with van der Waals surface area (Å²) >= 11 is 0. The average molecular weight is 347 g/mol. The summed E-state index contributed by atoms with van der Waals surface area (Å²) in [5.41, 5.74) is 3.50. The van der Waals surface area contributed by atoms with Crippen molar-refractivity contribution < 1.29 is 14.3 Å². The lowest BCUT2D eigenvalue weighted by Crippen LogP contribution is -2.11. The highest BCUT2D eigenvalue weighted by atomic mass is 16.5. The van der Waals surface area contributed by atoms with Gasteiger partial charge >= 0.3 is 5.97 Å². The molecular weight excluding hydrogens is 326 g/mol. The van der Waals surface area contributed by atoms with Crippen LogP contribution in [0.2, 0.25) is 0 Å². The van der Waals surface area contributed by atoms with Gasteiger partial charge in [0.25, 0.3) is 0 Å².